The first-order chi connectivity index (χ1) is 14.6. The molecule has 0 unspecified atom stereocenters. The van der Waals surface area contributed by atoms with Crippen molar-refractivity contribution in [3.8, 4) is 0 Å². The highest BCUT2D eigenvalue weighted by Crippen LogP contribution is 2.47. The molecular weight excluding hydrogens is 448 g/mol. The second kappa shape index (κ2) is 9.27. The number of hydrogen-bond acceptors (Lipinski definition) is 8. The van der Waals surface area contributed by atoms with Crippen molar-refractivity contribution in [2.75, 3.05) is 0 Å². The van der Waals surface area contributed by atoms with Gasteiger partial charge in [-0.15, -0.1) is 0 Å². The van der Waals surface area contributed by atoms with Crippen molar-refractivity contribution < 1.29 is 79.2 Å². The van der Waals surface area contributed by atoms with E-state index < -0.39 is 95.1 Å². The van der Waals surface area contributed by atoms with Crippen LogP contribution in [0.1, 0.15) is 0 Å². The van der Waals surface area contributed by atoms with Crippen molar-refractivity contribution in [1.82, 2.24) is 0 Å². The van der Waals surface area contributed by atoms with Gasteiger partial charge in [0.2, 0.25) is 0 Å². The first kappa shape index (κ1) is 25.8. The van der Waals surface area contributed by atoms with Crippen LogP contribution in [0.25, 0.3) is 0 Å². The van der Waals surface area contributed by atoms with Gasteiger partial charge in [-0.1, -0.05) is 0 Å². The molecule has 2 fully saturated rings. The van der Waals surface area contributed by atoms with Crippen LogP contribution in [0.2, 0.25) is 0 Å². The Labute approximate surface area is 175 Å². The van der Waals surface area contributed by atoms with Gasteiger partial charge >= 0.3 is 47.8 Å². The second-order valence-electron chi connectivity index (χ2n) is 6.91. The summed E-state index contributed by atoms with van der Waals surface area (Å²) in [7, 11) is 0. The summed E-state index contributed by atoms with van der Waals surface area (Å²) >= 11 is 0. The fourth-order valence-electron chi connectivity index (χ4n) is 3.95. The predicted molar refractivity (Wildman–Crippen MR) is 89.0 cm³/mol. The Balaban J connectivity index is 0.000000320. The van der Waals surface area contributed by atoms with Crippen molar-refractivity contribution in [3.05, 3.63) is 0 Å². The molecular formula is C16H16O16. The van der Waals surface area contributed by atoms with Gasteiger partial charge in [-0.05, 0) is 0 Å². The fraction of sp³-hybridized carbons (Fsp3) is 0.500. The lowest BCUT2D eigenvalue weighted by Crippen LogP contribution is -2.59. The monoisotopic (exact) mass is 464 g/mol. The van der Waals surface area contributed by atoms with Crippen LogP contribution in [0, 0.1) is 47.3 Å². The van der Waals surface area contributed by atoms with Crippen LogP contribution in [-0.4, -0.2) is 88.6 Å². The Bertz CT molecular complexity index is 656. The molecule has 0 amide bonds. The average Bonchev–Trinajstić information content (AvgIpc) is 2.49. The first-order valence-corrected chi connectivity index (χ1v) is 8.40. The maximum absolute atomic E-state index is 10.7. The summed E-state index contributed by atoms with van der Waals surface area (Å²) < 4.78 is 0. The quantitative estimate of drug-likeness (QED) is 0.186. The molecule has 0 bridgehead atoms. The molecule has 2 aliphatic carbocycles. The minimum Gasteiger partial charge on any atom is -0.481 e. The largest absolute Gasteiger partial charge is 0.481 e. The number of carboxylic acids is 8. The van der Waals surface area contributed by atoms with Crippen LogP contribution in [0.4, 0.5) is 0 Å². The fourth-order valence-corrected chi connectivity index (χ4v) is 3.95. The molecule has 0 saturated heterocycles. The van der Waals surface area contributed by atoms with E-state index in [4.69, 9.17) is 40.9 Å². The molecule has 0 aromatic heterocycles. The molecule has 0 radical (unpaired) electrons. The topological polar surface area (TPSA) is 298 Å². The summed E-state index contributed by atoms with van der Waals surface area (Å²) in [6.07, 6.45) is 0. The zero-order valence-corrected chi connectivity index (χ0v) is 15.5. The highest BCUT2D eigenvalue weighted by atomic mass is 16.4. The Morgan fingerprint density at radius 3 is 0.344 bits per heavy atom. The average molecular weight is 464 g/mol. The van der Waals surface area contributed by atoms with Gasteiger partial charge in [0.15, 0.2) is 0 Å². The van der Waals surface area contributed by atoms with E-state index in [1.807, 2.05) is 0 Å². The van der Waals surface area contributed by atoms with E-state index in [0.717, 1.165) is 0 Å². The zero-order valence-electron chi connectivity index (χ0n) is 15.5. The van der Waals surface area contributed by atoms with Gasteiger partial charge in [0.05, 0.1) is 47.3 Å². The molecule has 8 N–H and O–H groups in total. The minimum atomic E-state index is -1.70. The van der Waals surface area contributed by atoms with E-state index in [2.05, 4.69) is 0 Å². The van der Waals surface area contributed by atoms with E-state index in [1.165, 1.54) is 0 Å². The molecule has 0 aromatic carbocycles. The predicted octanol–water partition coefficient (Wildman–Crippen LogP) is -2.39. The van der Waals surface area contributed by atoms with Gasteiger partial charge in [-0.3, -0.25) is 38.4 Å². The molecule has 16 nitrogen and oxygen atoms in total. The molecule has 0 aliphatic heterocycles. The zero-order chi connectivity index (χ0) is 25.2. The number of carboxylic acid groups (broad SMARTS) is 8. The minimum absolute atomic E-state index is 1.61. The second-order valence-corrected chi connectivity index (χ2v) is 6.91. The van der Waals surface area contributed by atoms with Crippen LogP contribution in [0.15, 0.2) is 0 Å². The maximum atomic E-state index is 10.7. The standard InChI is InChI=1S/2C8H8O8/c2*9-5(10)1-2(6(11)12)4(8(15)16)3(1)7(13)14/h2*1-4H,(H,9,10)(H,11,12)(H,13,14)(H,15,16). The third-order valence-corrected chi connectivity index (χ3v) is 5.38. The van der Waals surface area contributed by atoms with Gasteiger partial charge in [-0.25, -0.2) is 0 Å². The molecule has 16 heteroatoms. The number of hydrogen-bond donors (Lipinski definition) is 8. The highest BCUT2D eigenvalue weighted by molar-refractivity contribution is 5.96. The van der Waals surface area contributed by atoms with Crippen molar-refractivity contribution in [3.63, 3.8) is 0 Å². The summed E-state index contributed by atoms with van der Waals surface area (Å²) in [5.74, 6) is -26.5. The lowest BCUT2D eigenvalue weighted by Gasteiger charge is -2.42. The first-order valence-electron chi connectivity index (χ1n) is 8.40. The van der Waals surface area contributed by atoms with Crippen LogP contribution in [0.3, 0.4) is 0 Å². The van der Waals surface area contributed by atoms with Crippen molar-refractivity contribution in [2.24, 2.45) is 47.3 Å². The van der Waals surface area contributed by atoms with E-state index in [1.54, 1.807) is 0 Å². The van der Waals surface area contributed by atoms with Gasteiger partial charge in [0.1, 0.15) is 0 Å². The van der Waals surface area contributed by atoms with Crippen LogP contribution >= 0.6 is 0 Å². The number of carbonyl (C=O) groups is 8. The van der Waals surface area contributed by atoms with Gasteiger partial charge < -0.3 is 40.9 Å². The van der Waals surface area contributed by atoms with E-state index in [0.29, 0.717) is 0 Å². The highest BCUT2D eigenvalue weighted by Gasteiger charge is 2.65. The van der Waals surface area contributed by atoms with E-state index in [9.17, 15) is 38.4 Å². The normalized spacial score (nSPS) is 32.5. The SMILES string of the molecule is O=C(O)C1C(C(=O)O)C(C(=O)O)C1C(=O)O.O=C(O)C1C(C(=O)O)C(C(=O)O)C1C(=O)O. The third kappa shape index (κ3) is 4.42. The Morgan fingerprint density at radius 2 is 0.312 bits per heavy atom. The Kier molecular flexibility index (Phi) is 7.48. The van der Waals surface area contributed by atoms with Gasteiger partial charge in [0.25, 0.3) is 0 Å². The van der Waals surface area contributed by atoms with Crippen LogP contribution < -0.4 is 0 Å². The van der Waals surface area contributed by atoms with Crippen LogP contribution in [-0.2, 0) is 38.4 Å². The van der Waals surface area contributed by atoms with Crippen molar-refractivity contribution in [2.45, 2.75) is 0 Å². The molecule has 32 heavy (non-hydrogen) atoms. The lowest BCUT2D eigenvalue weighted by atomic mass is 9.56. The summed E-state index contributed by atoms with van der Waals surface area (Å²) in [4.78, 5) is 85.3. The molecule has 176 valence electrons. The molecule has 2 rings (SSSR count). The molecule has 2 saturated carbocycles. The molecule has 0 spiro atoms. The Hall–Kier alpha value is -4.24. The Morgan fingerprint density at radius 1 is 0.250 bits per heavy atom. The molecule has 0 heterocycles. The van der Waals surface area contributed by atoms with Crippen LogP contribution in [0.5, 0.6) is 0 Å². The van der Waals surface area contributed by atoms with Gasteiger partial charge in [0, 0.05) is 0 Å². The summed E-state index contributed by atoms with van der Waals surface area (Å²) in [6.45, 7) is 0. The summed E-state index contributed by atoms with van der Waals surface area (Å²) in [5.41, 5.74) is 0. The van der Waals surface area contributed by atoms with Crippen molar-refractivity contribution >= 4 is 47.8 Å². The number of rotatable bonds is 8. The van der Waals surface area contributed by atoms with E-state index in [-0.39, 0.29) is 0 Å². The smallest absolute Gasteiger partial charge is 0.308 e. The maximum Gasteiger partial charge on any atom is 0.308 e. The third-order valence-electron chi connectivity index (χ3n) is 5.38. The summed E-state index contributed by atoms with van der Waals surface area (Å²) in [5, 5.41) is 69.2. The molecule has 0 aromatic rings. The summed E-state index contributed by atoms with van der Waals surface area (Å²) in [6, 6.07) is 0. The van der Waals surface area contributed by atoms with E-state index >= 15 is 0 Å². The molecule has 2 aliphatic rings. The van der Waals surface area contributed by atoms with Gasteiger partial charge in [-0.2, -0.15) is 0 Å². The van der Waals surface area contributed by atoms with Crippen molar-refractivity contribution in [1.29, 1.82) is 0 Å². The number of aliphatic carboxylic acids is 8. The lowest BCUT2D eigenvalue weighted by molar-refractivity contribution is -0.191. The molecule has 0 atom stereocenters.